The summed E-state index contributed by atoms with van der Waals surface area (Å²) in [6.45, 7) is 2.07. The molecule has 226 valence electrons. The molecule has 5 rings (SSSR count). The van der Waals surface area contributed by atoms with Gasteiger partial charge < -0.3 is 24.6 Å². The number of methoxy groups -OCH3 is 2. The van der Waals surface area contributed by atoms with Crippen molar-refractivity contribution in [3.8, 4) is 11.5 Å². The van der Waals surface area contributed by atoms with Gasteiger partial charge in [0.05, 0.1) is 19.7 Å². The fraction of sp³-hybridized carbons (Fsp3) is 0.235. The van der Waals surface area contributed by atoms with Crippen LogP contribution in [-0.4, -0.2) is 60.0 Å². The molecule has 0 saturated heterocycles. The van der Waals surface area contributed by atoms with Crippen LogP contribution in [0.5, 0.6) is 11.5 Å². The second-order valence-corrected chi connectivity index (χ2v) is 10.7. The van der Waals surface area contributed by atoms with Crippen molar-refractivity contribution in [3.05, 3.63) is 108 Å². The highest BCUT2D eigenvalue weighted by Gasteiger charge is 2.33. The molecule has 1 heterocycles. The monoisotopic (exact) mass is 592 g/mol. The Morgan fingerprint density at radius 1 is 0.886 bits per heavy atom. The van der Waals surface area contributed by atoms with Gasteiger partial charge in [0, 0.05) is 32.0 Å². The topological polar surface area (TPSA) is 102 Å². The lowest BCUT2D eigenvalue weighted by Gasteiger charge is -2.32. The smallest absolute Gasteiger partial charge is 0.251 e. The first-order valence-electron chi connectivity index (χ1n) is 14.2. The first kappa shape index (κ1) is 30.1. The Morgan fingerprint density at radius 2 is 1.59 bits per heavy atom. The number of amides is 2. The van der Waals surface area contributed by atoms with Crippen LogP contribution in [0, 0.1) is 6.92 Å². The van der Waals surface area contributed by atoms with Crippen molar-refractivity contribution in [2.24, 2.45) is 0 Å². The van der Waals surface area contributed by atoms with Gasteiger partial charge in [-0.3, -0.25) is 9.59 Å². The van der Waals surface area contributed by atoms with E-state index in [2.05, 4.69) is 15.6 Å². The molecule has 2 amide bonds. The third-order valence-corrected chi connectivity index (χ3v) is 7.43. The SMILES string of the molecule is COc1ccc([C@H](C(=O)Nc2ccc(N(C)C)cc2)N(Cc2ccc(C)cc2)C(=O)Cn2nnc3ccccc32)cc1OC. The number of aryl methyl sites for hydroxylation is 1. The van der Waals surface area contributed by atoms with Crippen LogP contribution >= 0.6 is 0 Å². The Bertz CT molecular complexity index is 1750. The van der Waals surface area contributed by atoms with Gasteiger partial charge in [-0.1, -0.05) is 53.2 Å². The molecule has 44 heavy (non-hydrogen) atoms. The quantitative estimate of drug-likeness (QED) is 0.224. The number of para-hydroxylation sites is 1. The van der Waals surface area contributed by atoms with Gasteiger partial charge in [0.15, 0.2) is 11.5 Å². The minimum atomic E-state index is -1.02. The largest absolute Gasteiger partial charge is 0.493 e. The second-order valence-electron chi connectivity index (χ2n) is 10.7. The normalized spacial score (nSPS) is 11.6. The fourth-order valence-electron chi connectivity index (χ4n) is 5.02. The number of aromatic nitrogens is 3. The molecular weight excluding hydrogens is 556 g/mol. The summed E-state index contributed by atoms with van der Waals surface area (Å²) in [4.78, 5) is 32.1. The lowest BCUT2D eigenvalue weighted by molar-refractivity contribution is -0.140. The average molecular weight is 593 g/mol. The van der Waals surface area contributed by atoms with Crippen molar-refractivity contribution < 1.29 is 19.1 Å². The molecule has 10 heteroatoms. The predicted octanol–water partition coefficient (Wildman–Crippen LogP) is 5.23. The van der Waals surface area contributed by atoms with E-state index >= 15 is 0 Å². The third-order valence-electron chi connectivity index (χ3n) is 7.43. The van der Waals surface area contributed by atoms with Gasteiger partial charge in [-0.2, -0.15) is 0 Å². The van der Waals surface area contributed by atoms with Crippen LogP contribution in [0.15, 0.2) is 91.0 Å². The number of carbonyl (C=O) groups is 2. The molecule has 0 bridgehead atoms. The van der Waals surface area contributed by atoms with Crippen LogP contribution in [0.3, 0.4) is 0 Å². The van der Waals surface area contributed by atoms with Gasteiger partial charge in [0.1, 0.15) is 18.1 Å². The van der Waals surface area contributed by atoms with Gasteiger partial charge >= 0.3 is 0 Å². The van der Waals surface area contributed by atoms with E-state index in [9.17, 15) is 9.59 Å². The molecule has 0 unspecified atom stereocenters. The van der Waals surface area contributed by atoms with E-state index in [0.717, 1.165) is 22.3 Å². The van der Waals surface area contributed by atoms with Gasteiger partial charge in [-0.25, -0.2) is 4.68 Å². The molecule has 0 aliphatic rings. The molecule has 0 radical (unpaired) electrons. The summed E-state index contributed by atoms with van der Waals surface area (Å²) >= 11 is 0. The number of ether oxygens (including phenoxy) is 2. The van der Waals surface area contributed by atoms with Crippen molar-refractivity contribution in [2.75, 3.05) is 38.5 Å². The van der Waals surface area contributed by atoms with Crippen molar-refractivity contribution in [1.82, 2.24) is 19.9 Å². The number of nitrogens with zero attached hydrogens (tertiary/aromatic N) is 5. The van der Waals surface area contributed by atoms with Gasteiger partial charge in [-0.05, 0) is 66.6 Å². The second kappa shape index (κ2) is 13.3. The van der Waals surface area contributed by atoms with Gasteiger partial charge in [-0.15, -0.1) is 5.10 Å². The lowest BCUT2D eigenvalue weighted by Crippen LogP contribution is -2.42. The first-order valence-corrected chi connectivity index (χ1v) is 14.2. The number of rotatable bonds is 11. The number of nitrogens with one attached hydrogen (secondary N) is 1. The molecule has 1 aromatic heterocycles. The standard InChI is InChI=1S/C34H36N6O4/c1-23-10-12-24(13-11-23)21-39(32(41)22-40-29-9-7-6-8-28(29)36-37-40)33(25-14-19-30(43-4)31(20-25)44-5)34(42)35-26-15-17-27(18-16-26)38(2)3/h6-20,33H,21-22H2,1-5H3,(H,35,42)/t33-/m1/s1. The summed E-state index contributed by atoms with van der Waals surface area (Å²) in [5, 5.41) is 11.5. The molecular formula is C34H36N6O4. The maximum atomic E-state index is 14.3. The summed E-state index contributed by atoms with van der Waals surface area (Å²) in [5.74, 6) is 0.279. The lowest BCUT2D eigenvalue weighted by atomic mass is 10.0. The predicted molar refractivity (Wildman–Crippen MR) is 171 cm³/mol. The molecule has 0 aliphatic carbocycles. The van der Waals surface area contributed by atoms with E-state index in [0.29, 0.717) is 28.3 Å². The van der Waals surface area contributed by atoms with Crippen LogP contribution in [0.25, 0.3) is 11.0 Å². The minimum Gasteiger partial charge on any atom is -0.493 e. The molecule has 1 atom stereocenters. The average Bonchev–Trinajstić information content (AvgIpc) is 3.44. The molecule has 0 saturated carbocycles. The number of hydrogen-bond acceptors (Lipinski definition) is 7. The summed E-state index contributed by atoms with van der Waals surface area (Å²) in [5.41, 5.74) is 5.54. The zero-order valence-corrected chi connectivity index (χ0v) is 25.5. The van der Waals surface area contributed by atoms with E-state index < -0.39 is 6.04 Å². The Balaban J connectivity index is 1.58. The highest BCUT2D eigenvalue weighted by atomic mass is 16.5. The fourth-order valence-corrected chi connectivity index (χ4v) is 5.02. The Labute approximate surface area is 256 Å². The first-order chi connectivity index (χ1) is 21.3. The van der Waals surface area contributed by atoms with E-state index in [1.165, 1.54) is 7.11 Å². The van der Waals surface area contributed by atoms with E-state index in [-0.39, 0.29) is 24.9 Å². The number of benzene rings is 4. The van der Waals surface area contributed by atoms with Crippen molar-refractivity contribution in [2.45, 2.75) is 26.1 Å². The molecule has 1 N–H and O–H groups in total. The maximum absolute atomic E-state index is 14.3. The molecule has 0 fully saturated rings. The van der Waals surface area contributed by atoms with Crippen LogP contribution < -0.4 is 19.7 Å². The summed E-state index contributed by atoms with van der Waals surface area (Å²) in [7, 11) is 6.99. The highest BCUT2D eigenvalue weighted by Crippen LogP contribution is 2.34. The van der Waals surface area contributed by atoms with Crippen LogP contribution in [-0.2, 0) is 22.7 Å². The van der Waals surface area contributed by atoms with E-state index in [4.69, 9.17) is 9.47 Å². The molecule has 0 spiro atoms. The zero-order chi connectivity index (χ0) is 31.2. The van der Waals surface area contributed by atoms with Crippen molar-refractivity contribution in [1.29, 1.82) is 0 Å². The van der Waals surface area contributed by atoms with Crippen molar-refractivity contribution in [3.63, 3.8) is 0 Å². The molecule has 5 aromatic rings. The van der Waals surface area contributed by atoms with Crippen LogP contribution in [0.2, 0.25) is 0 Å². The summed E-state index contributed by atoms with van der Waals surface area (Å²) in [6, 6.07) is 27.1. The molecule has 4 aromatic carbocycles. The maximum Gasteiger partial charge on any atom is 0.251 e. The molecule has 10 nitrogen and oxygen atoms in total. The number of hydrogen-bond donors (Lipinski definition) is 1. The van der Waals surface area contributed by atoms with Gasteiger partial charge in [0.25, 0.3) is 5.91 Å². The molecule has 0 aliphatic heterocycles. The zero-order valence-electron chi connectivity index (χ0n) is 25.5. The minimum absolute atomic E-state index is 0.110. The van der Waals surface area contributed by atoms with Crippen molar-refractivity contribution >= 4 is 34.2 Å². The van der Waals surface area contributed by atoms with E-state index in [1.54, 1.807) is 34.9 Å². The summed E-state index contributed by atoms with van der Waals surface area (Å²) in [6.07, 6.45) is 0. The number of anilines is 2. The summed E-state index contributed by atoms with van der Waals surface area (Å²) < 4.78 is 12.6. The highest BCUT2D eigenvalue weighted by molar-refractivity contribution is 5.98. The number of fused-ring (bicyclic) bond motifs is 1. The Kier molecular flexibility index (Phi) is 9.09. The van der Waals surface area contributed by atoms with Crippen LogP contribution in [0.4, 0.5) is 11.4 Å². The Hall–Kier alpha value is -5.38. The van der Waals surface area contributed by atoms with E-state index in [1.807, 2.05) is 98.7 Å². The number of carbonyl (C=O) groups excluding carboxylic acids is 2. The third kappa shape index (κ3) is 6.64. The van der Waals surface area contributed by atoms with Gasteiger partial charge in [0.2, 0.25) is 5.91 Å². The van der Waals surface area contributed by atoms with Crippen LogP contribution in [0.1, 0.15) is 22.7 Å². The Morgan fingerprint density at radius 3 is 2.27 bits per heavy atom.